The predicted octanol–water partition coefficient (Wildman–Crippen LogP) is 5.42. The molecule has 6 atom stereocenters. The van der Waals surface area contributed by atoms with E-state index in [-0.39, 0.29) is 22.3 Å². The number of fused-ring (bicyclic) bond motifs is 1. The molecule has 6 rings (SSSR count). The minimum absolute atomic E-state index is 0.192. The van der Waals surface area contributed by atoms with Gasteiger partial charge in [0.25, 0.3) is 0 Å². The van der Waals surface area contributed by atoms with Crippen LogP contribution in [-0.2, 0) is 28.4 Å². The number of ether oxygens (including phenoxy) is 6. The van der Waals surface area contributed by atoms with Crippen molar-refractivity contribution in [2.75, 3.05) is 0 Å². The normalized spacial score (nSPS) is 24.3. The van der Waals surface area contributed by atoms with E-state index >= 15 is 0 Å². The van der Waals surface area contributed by atoms with E-state index in [4.69, 9.17) is 28.4 Å². The maximum atomic E-state index is 13.6. The van der Waals surface area contributed by atoms with Gasteiger partial charge in [-0.2, -0.15) is 0 Å². The predicted molar refractivity (Wildman–Crippen MR) is 166 cm³/mol. The zero-order valence-electron chi connectivity index (χ0n) is 25.6. The highest BCUT2D eigenvalue weighted by molar-refractivity contribution is 5.92. The number of rotatable bonds is 8. The molecule has 240 valence electrons. The first-order valence-electron chi connectivity index (χ1n) is 15.1. The molecular formula is C37H32O10. The minimum atomic E-state index is -1.50. The van der Waals surface area contributed by atoms with E-state index in [1.807, 2.05) is 0 Å². The van der Waals surface area contributed by atoms with Gasteiger partial charge in [0, 0.05) is 0 Å². The van der Waals surface area contributed by atoms with Crippen molar-refractivity contribution in [1.29, 1.82) is 0 Å². The van der Waals surface area contributed by atoms with Crippen LogP contribution in [-0.4, -0.2) is 66.3 Å². The van der Waals surface area contributed by atoms with Gasteiger partial charge in [0.2, 0.25) is 0 Å². The summed E-state index contributed by atoms with van der Waals surface area (Å²) in [6.07, 6.45) is -7.94. The second-order valence-corrected chi connectivity index (χ2v) is 11.5. The molecule has 4 aromatic carbocycles. The van der Waals surface area contributed by atoms with Crippen LogP contribution in [0, 0.1) is 0 Å². The molecule has 0 amide bonds. The Morgan fingerprint density at radius 3 is 0.915 bits per heavy atom. The van der Waals surface area contributed by atoms with Crippen LogP contribution in [0.2, 0.25) is 0 Å². The summed E-state index contributed by atoms with van der Waals surface area (Å²) in [6.45, 7) is 3.29. The fourth-order valence-electron chi connectivity index (χ4n) is 5.67. The third kappa shape index (κ3) is 7.09. The smallest absolute Gasteiger partial charge is 0.338 e. The van der Waals surface area contributed by atoms with Gasteiger partial charge in [-0.3, -0.25) is 0 Å². The van der Waals surface area contributed by atoms with Crippen LogP contribution in [0.1, 0.15) is 55.3 Å². The molecule has 1 saturated carbocycles. The number of carbonyl (C=O) groups is 4. The third-order valence-corrected chi connectivity index (χ3v) is 7.79. The van der Waals surface area contributed by atoms with E-state index in [2.05, 4.69) is 0 Å². The lowest BCUT2D eigenvalue weighted by molar-refractivity contribution is -0.195. The van der Waals surface area contributed by atoms with Gasteiger partial charge >= 0.3 is 23.9 Å². The number of carbonyl (C=O) groups excluding carboxylic acids is 4. The Labute approximate surface area is 271 Å². The summed E-state index contributed by atoms with van der Waals surface area (Å²) in [7, 11) is 0. The van der Waals surface area contributed by atoms with Crippen LogP contribution in [0.4, 0.5) is 0 Å². The standard InChI is InChI=1S/C37H32O10/c1-37(2)46-31-29(44-35(40)25-19-11-5-12-20-25)27(42-33(38)23-15-7-3-8-16-23)28(43-34(39)24-17-9-4-10-18-24)30(32(31)47-37)45-36(41)26-21-13-6-14-22-26/h3-22,27-32H,1-2H3/t27-,28+,29-,30-,31-,32+/m0/s1. The molecule has 2 aliphatic rings. The molecule has 10 nitrogen and oxygen atoms in total. The monoisotopic (exact) mass is 636 g/mol. The Kier molecular flexibility index (Phi) is 9.15. The molecule has 0 bridgehead atoms. The van der Waals surface area contributed by atoms with Crippen LogP contribution < -0.4 is 0 Å². The lowest BCUT2D eigenvalue weighted by Gasteiger charge is -2.44. The van der Waals surface area contributed by atoms with Gasteiger partial charge in [0.15, 0.2) is 30.2 Å². The Bertz CT molecular complexity index is 1580. The largest absolute Gasteiger partial charge is 0.452 e. The average molecular weight is 637 g/mol. The Balaban J connectivity index is 1.45. The van der Waals surface area contributed by atoms with Crippen molar-refractivity contribution in [2.45, 2.75) is 56.3 Å². The van der Waals surface area contributed by atoms with Crippen LogP contribution >= 0.6 is 0 Å². The molecule has 1 aliphatic heterocycles. The summed E-state index contributed by atoms with van der Waals surface area (Å²) in [5.41, 5.74) is 0.840. The SMILES string of the molecule is CC1(C)O[C@@H]2[C@@H](OC(=O)c3ccccc3)[C@H](OC(=O)c3ccccc3)[C@H](OC(=O)c3ccccc3)[C@H](OC(=O)c3ccccc3)[C@@H]2O1. The zero-order valence-corrected chi connectivity index (χ0v) is 25.6. The number of hydrogen-bond acceptors (Lipinski definition) is 10. The van der Waals surface area contributed by atoms with Gasteiger partial charge in [-0.05, 0) is 62.4 Å². The van der Waals surface area contributed by atoms with Crippen molar-refractivity contribution < 1.29 is 47.6 Å². The first-order valence-corrected chi connectivity index (χ1v) is 15.1. The van der Waals surface area contributed by atoms with E-state index in [0.29, 0.717) is 0 Å². The molecular weight excluding hydrogens is 604 g/mol. The molecule has 1 saturated heterocycles. The van der Waals surface area contributed by atoms with E-state index in [1.54, 1.807) is 135 Å². The van der Waals surface area contributed by atoms with Gasteiger partial charge in [-0.15, -0.1) is 0 Å². The van der Waals surface area contributed by atoms with Crippen LogP contribution in [0.15, 0.2) is 121 Å². The first-order chi connectivity index (χ1) is 22.7. The lowest BCUT2D eigenvalue weighted by Crippen LogP contribution is -2.66. The fourth-order valence-corrected chi connectivity index (χ4v) is 5.67. The van der Waals surface area contributed by atoms with E-state index < -0.39 is 66.3 Å². The van der Waals surface area contributed by atoms with Gasteiger partial charge in [-0.25, -0.2) is 19.2 Å². The Hall–Kier alpha value is -5.32. The second-order valence-electron chi connectivity index (χ2n) is 11.5. The summed E-state index contributed by atoms with van der Waals surface area (Å²) in [4.78, 5) is 54.2. The molecule has 0 unspecified atom stereocenters. The van der Waals surface area contributed by atoms with E-state index in [1.165, 1.54) is 0 Å². The van der Waals surface area contributed by atoms with Crippen molar-refractivity contribution in [3.05, 3.63) is 144 Å². The quantitative estimate of drug-likeness (QED) is 0.183. The third-order valence-electron chi connectivity index (χ3n) is 7.79. The number of esters is 4. The number of benzene rings is 4. The molecule has 10 heteroatoms. The highest BCUT2D eigenvalue weighted by atomic mass is 16.8. The summed E-state index contributed by atoms with van der Waals surface area (Å²) < 4.78 is 36.7. The maximum absolute atomic E-state index is 13.6. The molecule has 1 heterocycles. The molecule has 1 aliphatic carbocycles. The van der Waals surface area contributed by atoms with Gasteiger partial charge in [0.05, 0.1) is 22.3 Å². The Morgan fingerprint density at radius 1 is 0.426 bits per heavy atom. The van der Waals surface area contributed by atoms with E-state index in [0.717, 1.165) is 0 Å². The average Bonchev–Trinajstić information content (AvgIpc) is 3.43. The van der Waals surface area contributed by atoms with Crippen molar-refractivity contribution in [1.82, 2.24) is 0 Å². The molecule has 0 radical (unpaired) electrons. The van der Waals surface area contributed by atoms with Crippen molar-refractivity contribution in [2.24, 2.45) is 0 Å². The molecule has 47 heavy (non-hydrogen) atoms. The summed E-state index contributed by atoms with van der Waals surface area (Å²) >= 11 is 0. The van der Waals surface area contributed by atoms with Crippen LogP contribution in [0.3, 0.4) is 0 Å². The minimum Gasteiger partial charge on any atom is -0.452 e. The highest BCUT2D eigenvalue weighted by Gasteiger charge is 2.64. The number of hydrogen-bond donors (Lipinski definition) is 0. The molecule has 0 spiro atoms. The summed E-state index contributed by atoms with van der Waals surface area (Å²) in [5, 5.41) is 0. The molecule has 4 aromatic rings. The van der Waals surface area contributed by atoms with Crippen molar-refractivity contribution >= 4 is 23.9 Å². The molecule has 0 aromatic heterocycles. The highest BCUT2D eigenvalue weighted by Crippen LogP contribution is 2.42. The first kappa shape index (κ1) is 31.7. The maximum Gasteiger partial charge on any atom is 0.338 e. The van der Waals surface area contributed by atoms with Crippen LogP contribution in [0.25, 0.3) is 0 Å². The molecule has 0 N–H and O–H groups in total. The zero-order chi connectivity index (χ0) is 33.0. The van der Waals surface area contributed by atoms with Crippen LogP contribution in [0.5, 0.6) is 0 Å². The van der Waals surface area contributed by atoms with E-state index in [9.17, 15) is 19.2 Å². The molecule has 2 fully saturated rings. The van der Waals surface area contributed by atoms with Crippen molar-refractivity contribution in [3.8, 4) is 0 Å². The van der Waals surface area contributed by atoms with Gasteiger partial charge in [-0.1, -0.05) is 72.8 Å². The second kappa shape index (κ2) is 13.6. The summed E-state index contributed by atoms with van der Waals surface area (Å²) in [6, 6.07) is 32.8. The van der Waals surface area contributed by atoms with Gasteiger partial charge in [0.1, 0.15) is 12.2 Å². The van der Waals surface area contributed by atoms with Crippen molar-refractivity contribution in [3.63, 3.8) is 0 Å². The summed E-state index contributed by atoms with van der Waals surface area (Å²) in [5.74, 6) is -4.31. The van der Waals surface area contributed by atoms with Gasteiger partial charge < -0.3 is 28.4 Å². The topological polar surface area (TPSA) is 124 Å². The lowest BCUT2D eigenvalue weighted by atomic mass is 9.84. The Morgan fingerprint density at radius 2 is 0.660 bits per heavy atom. The fraction of sp³-hybridized carbons (Fsp3) is 0.243.